The molecule has 0 aromatic carbocycles. The molecular weight excluding hydrogens is 262 g/mol. The predicted octanol–water partition coefficient (Wildman–Crippen LogP) is 3.58. The summed E-state index contributed by atoms with van der Waals surface area (Å²) < 4.78 is 0. The van der Waals surface area contributed by atoms with E-state index < -0.39 is 0 Å². The standard InChI is InChI=1S/C14H19NOS2/c1-14(2,10-16)9-15-7-12-6-11(8-18-12)13-4-3-5-17-13/h3-6,8,15-16H,7,9-10H2,1-2H3. The summed E-state index contributed by atoms with van der Waals surface area (Å²) in [5.74, 6) is 0. The third kappa shape index (κ3) is 3.65. The highest BCUT2D eigenvalue weighted by Gasteiger charge is 2.15. The van der Waals surface area contributed by atoms with Crippen molar-refractivity contribution in [1.82, 2.24) is 5.32 Å². The molecule has 2 aromatic heterocycles. The molecule has 18 heavy (non-hydrogen) atoms. The SMILES string of the molecule is CC(C)(CO)CNCc1cc(-c2cccs2)cs1. The molecule has 2 rings (SSSR count). The van der Waals surface area contributed by atoms with E-state index in [0.29, 0.717) is 0 Å². The van der Waals surface area contributed by atoms with Crippen molar-refractivity contribution in [1.29, 1.82) is 0 Å². The smallest absolute Gasteiger partial charge is 0.0494 e. The average molecular weight is 281 g/mol. The van der Waals surface area contributed by atoms with Crippen LogP contribution in [0.15, 0.2) is 29.0 Å². The lowest BCUT2D eigenvalue weighted by Gasteiger charge is -2.21. The fourth-order valence-electron chi connectivity index (χ4n) is 1.63. The van der Waals surface area contributed by atoms with Gasteiger partial charge in [-0.05, 0) is 22.9 Å². The van der Waals surface area contributed by atoms with Crippen molar-refractivity contribution >= 4 is 22.7 Å². The van der Waals surface area contributed by atoms with Gasteiger partial charge in [0.05, 0.1) is 0 Å². The molecule has 0 aliphatic carbocycles. The van der Waals surface area contributed by atoms with Crippen molar-refractivity contribution in [3.8, 4) is 10.4 Å². The van der Waals surface area contributed by atoms with Crippen LogP contribution >= 0.6 is 22.7 Å². The molecule has 0 saturated heterocycles. The molecule has 0 aliphatic heterocycles. The Morgan fingerprint density at radius 1 is 1.33 bits per heavy atom. The fraction of sp³-hybridized carbons (Fsp3) is 0.429. The Morgan fingerprint density at radius 3 is 2.83 bits per heavy atom. The van der Waals surface area contributed by atoms with E-state index >= 15 is 0 Å². The van der Waals surface area contributed by atoms with Gasteiger partial charge < -0.3 is 10.4 Å². The number of nitrogens with one attached hydrogen (secondary N) is 1. The van der Waals surface area contributed by atoms with Gasteiger partial charge in [-0.1, -0.05) is 19.9 Å². The molecule has 98 valence electrons. The molecule has 2 aromatic rings. The number of aliphatic hydroxyl groups is 1. The van der Waals surface area contributed by atoms with Crippen molar-refractivity contribution in [2.75, 3.05) is 13.2 Å². The summed E-state index contributed by atoms with van der Waals surface area (Å²) in [5, 5.41) is 16.9. The van der Waals surface area contributed by atoms with Crippen LogP contribution in [-0.2, 0) is 6.54 Å². The zero-order chi connectivity index (χ0) is 13.0. The van der Waals surface area contributed by atoms with Crippen LogP contribution in [0.1, 0.15) is 18.7 Å². The van der Waals surface area contributed by atoms with Crippen LogP contribution in [0, 0.1) is 5.41 Å². The van der Waals surface area contributed by atoms with Crippen molar-refractivity contribution in [2.45, 2.75) is 20.4 Å². The van der Waals surface area contributed by atoms with Gasteiger partial charge >= 0.3 is 0 Å². The monoisotopic (exact) mass is 281 g/mol. The van der Waals surface area contributed by atoms with Crippen LogP contribution < -0.4 is 5.32 Å². The quantitative estimate of drug-likeness (QED) is 0.848. The predicted molar refractivity (Wildman–Crippen MR) is 80.2 cm³/mol. The molecular formula is C14H19NOS2. The van der Waals surface area contributed by atoms with Gasteiger partial charge in [0, 0.05) is 40.4 Å². The van der Waals surface area contributed by atoms with Gasteiger partial charge in [0.25, 0.3) is 0 Å². The first-order valence-electron chi connectivity index (χ1n) is 6.04. The Kier molecular flexibility index (Phi) is 4.56. The number of rotatable bonds is 6. The van der Waals surface area contributed by atoms with Crippen molar-refractivity contribution in [2.24, 2.45) is 5.41 Å². The molecule has 0 amide bonds. The number of aliphatic hydroxyl groups excluding tert-OH is 1. The summed E-state index contributed by atoms with van der Waals surface area (Å²) >= 11 is 3.56. The van der Waals surface area contributed by atoms with E-state index in [-0.39, 0.29) is 12.0 Å². The Labute approximate surface area is 116 Å². The van der Waals surface area contributed by atoms with E-state index in [2.05, 4.69) is 48.1 Å². The molecule has 0 spiro atoms. The summed E-state index contributed by atoms with van der Waals surface area (Å²) in [6, 6.07) is 6.48. The maximum Gasteiger partial charge on any atom is 0.0494 e. The Morgan fingerprint density at radius 2 is 2.17 bits per heavy atom. The van der Waals surface area contributed by atoms with E-state index in [1.165, 1.54) is 15.3 Å². The molecule has 0 saturated carbocycles. The summed E-state index contributed by atoms with van der Waals surface area (Å²) in [7, 11) is 0. The normalized spacial score (nSPS) is 11.9. The van der Waals surface area contributed by atoms with E-state index in [0.717, 1.165) is 13.1 Å². The number of hydrogen-bond donors (Lipinski definition) is 2. The summed E-state index contributed by atoms with van der Waals surface area (Å²) in [4.78, 5) is 2.67. The highest BCUT2D eigenvalue weighted by molar-refractivity contribution is 7.14. The van der Waals surface area contributed by atoms with E-state index in [1.54, 1.807) is 22.7 Å². The molecule has 0 bridgehead atoms. The van der Waals surface area contributed by atoms with E-state index in [4.69, 9.17) is 0 Å². The van der Waals surface area contributed by atoms with Gasteiger partial charge in [0.2, 0.25) is 0 Å². The van der Waals surface area contributed by atoms with E-state index in [1.807, 2.05) is 0 Å². The molecule has 0 aliphatic rings. The molecule has 0 atom stereocenters. The van der Waals surface area contributed by atoms with Crippen LogP contribution in [0.4, 0.5) is 0 Å². The first-order valence-corrected chi connectivity index (χ1v) is 7.79. The lowest BCUT2D eigenvalue weighted by Crippen LogP contribution is -2.31. The van der Waals surface area contributed by atoms with E-state index in [9.17, 15) is 5.11 Å². The van der Waals surface area contributed by atoms with Gasteiger partial charge in [0.1, 0.15) is 0 Å². The van der Waals surface area contributed by atoms with Crippen molar-refractivity contribution in [3.63, 3.8) is 0 Å². The molecule has 2 nitrogen and oxygen atoms in total. The third-order valence-electron chi connectivity index (χ3n) is 2.79. The second-order valence-electron chi connectivity index (χ2n) is 5.20. The van der Waals surface area contributed by atoms with Crippen LogP contribution in [0.25, 0.3) is 10.4 Å². The molecule has 2 heterocycles. The van der Waals surface area contributed by atoms with Gasteiger partial charge in [-0.15, -0.1) is 22.7 Å². The minimum Gasteiger partial charge on any atom is -0.396 e. The second-order valence-corrected chi connectivity index (χ2v) is 7.15. The van der Waals surface area contributed by atoms with Gasteiger partial charge in [-0.3, -0.25) is 0 Å². The van der Waals surface area contributed by atoms with Crippen LogP contribution in [0.3, 0.4) is 0 Å². The number of thiophene rings is 2. The minimum atomic E-state index is -0.0478. The topological polar surface area (TPSA) is 32.3 Å². The molecule has 4 heteroatoms. The zero-order valence-corrected chi connectivity index (χ0v) is 12.4. The average Bonchev–Trinajstić information content (AvgIpc) is 2.98. The van der Waals surface area contributed by atoms with Crippen molar-refractivity contribution < 1.29 is 5.11 Å². The number of hydrogen-bond acceptors (Lipinski definition) is 4. The van der Waals surface area contributed by atoms with Gasteiger partial charge in [-0.2, -0.15) is 0 Å². The van der Waals surface area contributed by atoms with Crippen molar-refractivity contribution in [3.05, 3.63) is 33.8 Å². The first kappa shape index (κ1) is 13.7. The van der Waals surface area contributed by atoms with Gasteiger partial charge in [-0.25, -0.2) is 0 Å². The second kappa shape index (κ2) is 5.97. The summed E-state index contributed by atoms with van der Waals surface area (Å²) in [5.41, 5.74) is 1.27. The highest BCUT2D eigenvalue weighted by atomic mass is 32.1. The molecule has 0 unspecified atom stereocenters. The Hall–Kier alpha value is -0.680. The lowest BCUT2D eigenvalue weighted by molar-refractivity contribution is 0.157. The Bertz CT molecular complexity index is 474. The maximum atomic E-state index is 9.18. The highest BCUT2D eigenvalue weighted by Crippen LogP contribution is 2.29. The van der Waals surface area contributed by atoms with Crippen LogP contribution in [0.5, 0.6) is 0 Å². The third-order valence-corrected chi connectivity index (χ3v) is 4.65. The largest absolute Gasteiger partial charge is 0.396 e. The molecule has 0 radical (unpaired) electrons. The molecule has 2 N–H and O–H groups in total. The lowest BCUT2D eigenvalue weighted by atomic mass is 9.95. The first-order chi connectivity index (χ1) is 8.61. The van der Waals surface area contributed by atoms with Crippen LogP contribution in [0.2, 0.25) is 0 Å². The Balaban J connectivity index is 1.88. The molecule has 0 fully saturated rings. The summed E-state index contributed by atoms with van der Waals surface area (Å²) in [6.07, 6.45) is 0. The maximum absolute atomic E-state index is 9.18. The zero-order valence-electron chi connectivity index (χ0n) is 10.8. The van der Waals surface area contributed by atoms with Crippen LogP contribution in [-0.4, -0.2) is 18.3 Å². The van der Waals surface area contributed by atoms with Gasteiger partial charge in [0.15, 0.2) is 0 Å². The summed E-state index contributed by atoms with van der Waals surface area (Å²) in [6.45, 7) is 6.04. The minimum absolute atomic E-state index is 0.0478. The fourth-order valence-corrected chi connectivity index (χ4v) is 3.27.